The van der Waals surface area contributed by atoms with E-state index in [1.807, 2.05) is 0 Å². The summed E-state index contributed by atoms with van der Waals surface area (Å²) in [7, 11) is 1.33. The second kappa shape index (κ2) is 4.24. The minimum absolute atomic E-state index is 0.0575. The van der Waals surface area contributed by atoms with E-state index in [9.17, 15) is 13.6 Å². The van der Waals surface area contributed by atoms with Crippen molar-refractivity contribution in [2.75, 3.05) is 7.11 Å². The SMILES string of the molecule is COC(=O)[C@@H](C)C1CCC(F)(F)CC1. The molecule has 0 heterocycles. The van der Waals surface area contributed by atoms with Gasteiger partial charge in [-0.15, -0.1) is 0 Å². The van der Waals surface area contributed by atoms with Crippen LogP contribution in [0.2, 0.25) is 0 Å². The number of hydrogen-bond acceptors (Lipinski definition) is 2. The van der Waals surface area contributed by atoms with Gasteiger partial charge in [-0.25, -0.2) is 8.78 Å². The molecule has 0 amide bonds. The zero-order chi connectivity index (χ0) is 10.8. The van der Waals surface area contributed by atoms with Crippen molar-refractivity contribution in [2.24, 2.45) is 11.8 Å². The van der Waals surface area contributed by atoms with Gasteiger partial charge in [0.05, 0.1) is 13.0 Å². The van der Waals surface area contributed by atoms with Crippen molar-refractivity contribution >= 4 is 5.97 Å². The lowest BCUT2D eigenvalue weighted by molar-refractivity contribution is -0.148. The van der Waals surface area contributed by atoms with Crippen LogP contribution in [0.3, 0.4) is 0 Å². The van der Waals surface area contributed by atoms with E-state index in [1.165, 1.54) is 7.11 Å². The molecule has 4 heteroatoms. The molecule has 0 N–H and O–H groups in total. The highest BCUT2D eigenvalue weighted by Crippen LogP contribution is 2.39. The van der Waals surface area contributed by atoms with Crippen molar-refractivity contribution in [3.05, 3.63) is 0 Å². The number of alkyl halides is 2. The van der Waals surface area contributed by atoms with Gasteiger partial charge in [0.25, 0.3) is 0 Å². The van der Waals surface area contributed by atoms with Crippen LogP contribution < -0.4 is 0 Å². The number of hydrogen-bond donors (Lipinski definition) is 0. The molecular formula is C10H16F2O2. The van der Waals surface area contributed by atoms with E-state index < -0.39 is 5.92 Å². The molecule has 0 unspecified atom stereocenters. The minimum Gasteiger partial charge on any atom is -0.469 e. The topological polar surface area (TPSA) is 26.3 Å². The fraction of sp³-hybridized carbons (Fsp3) is 0.900. The first kappa shape index (κ1) is 11.4. The molecule has 0 aromatic rings. The molecule has 1 aliphatic rings. The molecule has 0 bridgehead atoms. The van der Waals surface area contributed by atoms with Crippen LogP contribution in [0.4, 0.5) is 8.78 Å². The Bertz CT molecular complexity index is 206. The molecule has 1 fully saturated rings. The highest BCUT2D eigenvalue weighted by Gasteiger charge is 2.38. The van der Waals surface area contributed by atoms with Gasteiger partial charge in [0.1, 0.15) is 0 Å². The Morgan fingerprint density at radius 1 is 1.43 bits per heavy atom. The molecule has 0 aliphatic heterocycles. The van der Waals surface area contributed by atoms with Gasteiger partial charge in [0, 0.05) is 12.8 Å². The van der Waals surface area contributed by atoms with Gasteiger partial charge in [-0.05, 0) is 18.8 Å². The lowest BCUT2D eigenvalue weighted by Crippen LogP contribution is -2.31. The molecule has 0 saturated heterocycles. The Morgan fingerprint density at radius 3 is 2.36 bits per heavy atom. The van der Waals surface area contributed by atoms with E-state index in [4.69, 9.17) is 0 Å². The highest BCUT2D eigenvalue weighted by molar-refractivity contribution is 5.72. The molecule has 1 saturated carbocycles. The van der Waals surface area contributed by atoms with Crippen molar-refractivity contribution in [1.82, 2.24) is 0 Å². The van der Waals surface area contributed by atoms with Crippen LogP contribution in [0, 0.1) is 11.8 Å². The van der Waals surface area contributed by atoms with E-state index in [2.05, 4.69) is 4.74 Å². The van der Waals surface area contributed by atoms with E-state index in [1.54, 1.807) is 6.92 Å². The van der Waals surface area contributed by atoms with Crippen LogP contribution in [0.1, 0.15) is 32.6 Å². The van der Waals surface area contributed by atoms with Crippen molar-refractivity contribution in [2.45, 2.75) is 38.5 Å². The smallest absolute Gasteiger partial charge is 0.308 e. The number of carbonyl (C=O) groups excluding carboxylic acids is 1. The van der Waals surface area contributed by atoms with Crippen LogP contribution in [0.5, 0.6) is 0 Å². The van der Waals surface area contributed by atoms with Crippen molar-refractivity contribution < 1.29 is 18.3 Å². The van der Waals surface area contributed by atoms with Gasteiger partial charge in [-0.3, -0.25) is 4.79 Å². The summed E-state index contributed by atoms with van der Waals surface area (Å²) < 4.78 is 30.2. The average Bonchev–Trinajstić information content (AvgIpc) is 2.15. The van der Waals surface area contributed by atoms with Gasteiger partial charge < -0.3 is 4.74 Å². The van der Waals surface area contributed by atoms with E-state index in [-0.39, 0.29) is 30.6 Å². The molecule has 2 nitrogen and oxygen atoms in total. The lowest BCUT2D eigenvalue weighted by atomic mass is 9.79. The predicted octanol–water partition coefficient (Wildman–Crippen LogP) is 2.62. The first-order chi connectivity index (χ1) is 6.46. The Morgan fingerprint density at radius 2 is 1.93 bits per heavy atom. The third-order valence-corrected chi connectivity index (χ3v) is 3.04. The summed E-state index contributed by atoms with van der Waals surface area (Å²) in [5, 5.41) is 0. The Kier molecular flexibility index (Phi) is 3.45. The summed E-state index contributed by atoms with van der Waals surface area (Å²) in [6.45, 7) is 1.75. The highest BCUT2D eigenvalue weighted by atomic mass is 19.3. The Labute approximate surface area is 82.6 Å². The summed E-state index contributed by atoms with van der Waals surface area (Å²) in [6.07, 6.45) is 0.643. The largest absolute Gasteiger partial charge is 0.469 e. The van der Waals surface area contributed by atoms with Crippen LogP contribution >= 0.6 is 0 Å². The van der Waals surface area contributed by atoms with Crippen LogP contribution in [-0.2, 0) is 9.53 Å². The third kappa shape index (κ3) is 2.66. The van der Waals surface area contributed by atoms with Crippen LogP contribution in [0.15, 0.2) is 0 Å². The molecule has 1 rings (SSSR count). The van der Waals surface area contributed by atoms with Gasteiger partial charge in [-0.1, -0.05) is 6.92 Å². The van der Waals surface area contributed by atoms with Crippen molar-refractivity contribution in [3.8, 4) is 0 Å². The first-order valence-corrected chi connectivity index (χ1v) is 4.92. The lowest BCUT2D eigenvalue weighted by Gasteiger charge is -2.30. The number of ether oxygens (including phenoxy) is 1. The zero-order valence-electron chi connectivity index (χ0n) is 8.56. The molecule has 0 spiro atoms. The fourth-order valence-electron chi connectivity index (χ4n) is 1.94. The van der Waals surface area contributed by atoms with Crippen LogP contribution in [-0.4, -0.2) is 19.0 Å². The zero-order valence-corrected chi connectivity index (χ0v) is 8.56. The first-order valence-electron chi connectivity index (χ1n) is 4.92. The normalized spacial score (nSPS) is 24.3. The standard InChI is InChI=1S/C10H16F2O2/c1-7(9(13)14-2)8-3-5-10(11,12)6-4-8/h7-8H,3-6H2,1-2H3/t7-/m0/s1. The molecule has 0 aromatic heterocycles. The van der Waals surface area contributed by atoms with E-state index in [0.29, 0.717) is 12.8 Å². The molecule has 82 valence electrons. The minimum atomic E-state index is -2.52. The van der Waals surface area contributed by atoms with Gasteiger partial charge in [0.15, 0.2) is 0 Å². The van der Waals surface area contributed by atoms with E-state index in [0.717, 1.165) is 0 Å². The monoisotopic (exact) mass is 206 g/mol. The second-order valence-electron chi connectivity index (χ2n) is 4.01. The summed E-state index contributed by atoms with van der Waals surface area (Å²) >= 11 is 0. The number of esters is 1. The maximum absolute atomic E-state index is 12.8. The van der Waals surface area contributed by atoms with E-state index >= 15 is 0 Å². The summed E-state index contributed by atoms with van der Waals surface area (Å²) in [5.41, 5.74) is 0. The average molecular weight is 206 g/mol. The quantitative estimate of drug-likeness (QED) is 0.649. The number of rotatable bonds is 2. The number of carbonyl (C=O) groups is 1. The summed E-state index contributed by atoms with van der Waals surface area (Å²) in [4.78, 5) is 11.2. The molecule has 1 atom stereocenters. The maximum atomic E-state index is 12.8. The van der Waals surface area contributed by atoms with Crippen molar-refractivity contribution in [1.29, 1.82) is 0 Å². The third-order valence-electron chi connectivity index (χ3n) is 3.04. The molecule has 0 radical (unpaired) electrons. The molecule has 14 heavy (non-hydrogen) atoms. The maximum Gasteiger partial charge on any atom is 0.308 e. The van der Waals surface area contributed by atoms with Gasteiger partial charge in [-0.2, -0.15) is 0 Å². The van der Waals surface area contributed by atoms with Crippen LogP contribution in [0.25, 0.3) is 0 Å². The van der Waals surface area contributed by atoms with Gasteiger partial charge in [0.2, 0.25) is 5.92 Å². The number of methoxy groups -OCH3 is 1. The fourth-order valence-corrected chi connectivity index (χ4v) is 1.94. The molecular weight excluding hydrogens is 190 g/mol. The second-order valence-corrected chi connectivity index (χ2v) is 4.01. The number of halogens is 2. The summed E-state index contributed by atoms with van der Waals surface area (Å²) in [6, 6.07) is 0. The Hall–Kier alpha value is -0.670. The summed E-state index contributed by atoms with van der Waals surface area (Å²) in [5.74, 6) is -3.01. The van der Waals surface area contributed by atoms with Gasteiger partial charge >= 0.3 is 5.97 Å². The predicted molar refractivity (Wildman–Crippen MR) is 48.1 cm³/mol. The Balaban J connectivity index is 2.45. The molecule has 0 aromatic carbocycles. The van der Waals surface area contributed by atoms with Crippen molar-refractivity contribution in [3.63, 3.8) is 0 Å². The molecule has 1 aliphatic carbocycles.